The molecule has 0 atom stereocenters. The maximum Gasteiger partial charge on any atom is 0.294 e. The van der Waals surface area contributed by atoms with Gasteiger partial charge in [0.1, 0.15) is 5.69 Å². The topological polar surface area (TPSA) is 133 Å². The standard InChI is InChI=1S/C18H21N5O4/c1-12-10-15(24)16(17(25)20-18(11-19)8-4-5-9-18)21-22(12)13-6-2-3-7-14(13)23(26)27/h2-3,6-7,10H,4-5,8-9,11,19H2,1H3,(H,20,25). The molecule has 0 spiro atoms. The number of nitrogens with one attached hydrogen (secondary N) is 1. The molecule has 3 rings (SSSR count). The Balaban J connectivity index is 2.04. The van der Waals surface area contributed by atoms with Crippen LogP contribution in [0.1, 0.15) is 41.9 Å². The lowest BCUT2D eigenvalue weighted by Crippen LogP contribution is -2.52. The summed E-state index contributed by atoms with van der Waals surface area (Å²) in [5, 5.41) is 18.3. The maximum absolute atomic E-state index is 12.7. The normalized spacial score (nSPS) is 15.5. The molecule has 1 aromatic carbocycles. The summed E-state index contributed by atoms with van der Waals surface area (Å²) in [5.74, 6) is -0.611. The number of rotatable bonds is 5. The van der Waals surface area contributed by atoms with E-state index < -0.39 is 21.8 Å². The van der Waals surface area contributed by atoms with Crippen molar-refractivity contribution in [1.82, 2.24) is 15.1 Å². The monoisotopic (exact) mass is 371 g/mol. The van der Waals surface area contributed by atoms with Gasteiger partial charge in [0.15, 0.2) is 5.69 Å². The molecular weight excluding hydrogens is 350 g/mol. The van der Waals surface area contributed by atoms with Gasteiger partial charge in [0.05, 0.1) is 10.5 Å². The molecule has 2 aromatic rings. The summed E-state index contributed by atoms with van der Waals surface area (Å²) in [5.41, 5.74) is 4.87. The summed E-state index contributed by atoms with van der Waals surface area (Å²) in [6.45, 7) is 1.88. The Hall–Kier alpha value is -3.07. The number of carbonyl (C=O) groups excluding carboxylic acids is 1. The van der Waals surface area contributed by atoms with E-state index in [-0.39, 0.29) is 23.6 Å². The first-order valence-corrected chi connectivity index (χ1v) is 8.74. The van der Waals surface area contributed by atoms with E-state index in [1.165, 1.54) is 28.9 Å². The molecule has 27 heavy (non-hydrogen) atoms. The van der Waals surface area contributed by atoms with Crippen LogP contribution < -0.4 is 16.5 Å². The van der Waals surface area contributed by atoms with E-state index in [0.29, 0.717) is 5.69 Å². The molecule has 142 valence electrons. The summed E-state index contributed by atoms with van der Waals surface area (Å²) in [6.07, 6.45) is 3.41. The molecule has 9 nitrogen and oxygen atoms in total. The van der Waals surface area contributed by atoms with E-state index >= 15 is 0 Å². The predicted molar refractivity (Wildman–Crippen MR) is 98.9 cm³/mol. The fourth-order valence-corrected chi connectivity index (χ4v) is 3.48. The lowest BCUT2D eigenvalue weighted by Gasteiger charge is -2.28. The molecule has 0 saturated heterocycles. The van der Waals surface area contributed by atoms with E-state index in [2.05, 4.69) is 10.4 Å². The molecule has 1 saturated carbocycles. The highest BCUT2D eigenvalue weighted by molar-refractivity contribution is 5.92. The molecule has 1 fully saturated rings. The van der Waals surface area contributed by atoms with Crippen molar-refractivity contribution in [3.63, 3.8) is 0 Å². The van der Waals surface area contributed by atoms with Gasteiger partial charge in [-0.25, -0.2) is 4.68 Å². The second-order valence-electron chi connectivity index (χ2n) is 6.80. The van der Waals surface area contributed by atoms with E-state index in [9.17, 15) is 19.7 Å². The summed E-state index contributed by atoms with van der Waals surface area (Å²) in [7, 11) is 0. The SMILES string of the molecule is Cc1cc(=O)c(C(=O)NC2(CN)CCCC2)nn1-c1ccccc1[N+](=O)[O-]. The Kier molecular flexibility index (Phi) is 5.04. The Bertz CT molecular complexity index is 947. The molecule has 1 aliphatic rings. The molecule has 3 N–H and O–H groups in total. The zero-order chi connectivity index (χ0) is 19.6. The number of aryl methyl sites for hydroxylation is 1. The number of aromatic nitrogens is 2. The molecule has 1 aliphatic carbocycles. The van der Waals surface area contributed by atoms with Crippen LogP contribution in [0, 0.1) is 17.0 Å². The number of hydrogen-bond donors (Lipinski definition) is 2. The van der Waals surface area contributed by atoms with Crippen LogP contribution in [0.5, 0.6) is 0 Å². The van der Waals surface area contributed by atoms with Gasteiger partial charge in [-0.15, -0.1) is 0 Å². The zero-order valence-electron chi connectivity index (χ0n) is 15.0. The molecule has 0 radical (unpaired) electrons. The zero-order valence-corrected chi connectivity index (χ0v) is 15.0. The van der Waals surface area contributed by atoms with Crippen LogP contribution in [0.3, 0.4) is 0 Å². The highest BCUT2D eigenvalue weighted by Gasteiger charge is 2.35. The number of amides is 1. The number of nitrogens with two attached hydrogens (primary N) is 1. The highest BCUT2D eigenvalue weighted by Crippen LogP contribution is 2.29. The quantitative estimate of drug-likeness (QED) is 0.604. The predicted octanol–water partition coefficient (Wildman–Crippen LogP) is 1.45. The fourth-order valence-electron chi connectivity index (χ4n) is 3.48. The maximum atomic E-state index is 12.7. The lowest BCUT2D eigenvalue weighted by atomic mass is 9.97. The van der Waals surface area contributed by atoms with Crippen molar-refractivity contribution < 1.29 is 9.72 Å². The van der Waals surface area contributed by atoms with Crippen molar-refractivity contribution >= 4 is 11.6 Å². The minimum atomic E-state index is -0.611. The van der Waals surface area contributed by atoms with E-state index in [4.69, 9.17) is 5.73 Å². The second kappa shape index (κ2) is 7.28. The summed E-state index contributed by atoms with van der Waals surface area (Å²) >= 11 is 0. The Morgan fingerprint density at radius 1 is 1.37 bits per heavy atom. The van der Waals surface area contributed by atoms with Gasteiger partial charge in [-0.1, -0.05) is 25.0 Å². The van der Waals surface area contributed by atoms with Crippen LogP contribution in [-0.4, -0.2) is 32.7 Å². The third-order valence-corrected chi connectivity index (χ3v) is 4.96. The van der Waals surface area contributed by atoms with Gasteiger partial charge in [-0.2, -0.15) is 5.10 Å². The first kappa shape index (κ1) is 18.7. The van der Waals surface area contributed by atoms with Gasteiger partial charge in [0.25, 0.3) is 11.6 Å². The minimum absolute atomic E-state index is 0.169. The minimum Gasteiger partial charge on any atom is -0.344 e. The van der Waals surface area contributed by atoms with E-state index in [0.717, 1.165) is 25.7 Å². The van der Waals surface area contributed by atoms with Crippen molar-refractivity contribution in [3.8, 4) is 5.69 Å². The van der Waals surface area contributed by atoms with E-state index in [1.807, 2.05) is 0 Å². The number of nitro groups is 1. The molecular formula is C18H21N5O4. The van der Waals surface area contributed by atoms with Gasteiger partial charge in [0, 0.05) is 24.4 Å². The highest BCUT2D eigenvalue weighted by atomic mass is 16.6. The smallest absolute Gasteiger partial charge is 0.294 e. The van der Waals surface area contributed by atoms with Crippen molar-refractivity contribution in [2.75, 3.05) is 6.54 Å². The van der Waals surface area contributed by atoms with Gasteiger partial charge in [-0.3, -0.25) is 19.7 Å². The van der Waals surface area contributed by atoms with Gasteiger partial charge in [-0.05, 0) is 25.8 Å². The van der Waals surface area contributed by atoms with Gasteiger partial charge >= 0.3 is 0 Å². The number of nitrogens with zero attached hydrogens (tertiary/aromatic N) is 3. The van der Waals surface area contributed by atoms with Crippen LogP contribution >= 0.6 is 0 Å². The molecule has 1 aromatic heterocycles. The summed E-state index contributed by atoms with van der Waals surface area (Å²) < 4.78 is 1.25. The van der Waals surface area contributed by atoms with Crippen molar-refractivity contribution in [2.24, 2.45) is 5.73 Å². The number of hydrogen-bond acceptors (Lipinski definition) is 6. The summed E-state index contributed by atoms with van der Waals surface area (Å²) in [4.78, 5) is 35.9. The number of nitro benzene ring substituents is 1. The average Bonchev–Trinajstić information content (AvgIpc) is 3.10. The molecule has 0 bridgehead atoms. The van der Waals surface area contributed by atoms with Crippen molar-refractivity contribution in [2.45, 2.75) is 38.1 Å². The molecule has 9 heteroatoms. The third-order valence-electron chi connectivity index (χ3n) is 4.96. The second-order valence-corrected chi connectivity index (χ2v) is 6.80. The Morgan fingerprint density at radius 2 is 2.04 bits per heavy atom. The number of carbonyl (C=O) groups is 1. The Labute approximate surface area is 155 Å². The van der Waals surface area contributed by atoms with Gasteiger partial charge < -0.3 is 11.1 Å². The molecule has 0 unspecified atom stereocenters. The fraction of sp³-hybridized carbons (Fsp3) is 0.389. The Morgan fingerprint density at radius 3 is 2.67 bits per heavy atom. The van der Waals surface area contributed by atoms with Crippen LogP contribution in [0.4, 0.5) is 5.69 Å². The number of para-hydroxylation sites is 2. The molecule has 0 aliphatic heterocycles. The van der Waals surface area contributed by atoms with Crippen LogP contribution in [0.2, 0.25) is 0 Å². The largest absolute Gasteiger partial charge is 0.344 e. The van der Waals surface area contributed by atoms with Crippen molar-refractivity contribution in [1.29, 1.82) is 0 Å². The lowest BCUT2D eigenvalue weighted by molar-refractivity contribution is -0.384. The first-order chi connectivity index (χ1) is 12.9. The van der Waals surface area contributed by atoms with Gasteiger partial charge in [0.2, 0.25) is 5.43 Å². The third kappa shape index (κ3) is 3.59. The van der Waals surface area contributed by atoms with Crippen LogP contribution in [0.25, 0.3) is 5.69 Å². The van der Waals surface area contributed by atoms with Crippen molar-refractivity contribution in [3.05, 3.63) is 62.1 Å². The number of benzene rings is 1. The van der Waals surface area contributed by atoms with Crippen LogP contribution in [0.15, 0.2) is 35.1 Å². The average molecular weight is 371 g/mol. The molecule has 1 heterocycles. The van der Waals surface area contributed by atoms with E-state index in [1.54, 1.807) is 13.0 Å². The first-order valence-electron chi connectivity index (χ1n) is 8.74. The molecule has 1 amide bonds. The van der Waals surface area contributed by atoms with Crippen LogP contribution in [-0.2, 0) is 0 Å². The summed E-state index contributed by atoms with van der Waals surface area (Å²) in [6, 6.07) is 7.28.